The minimum atomic E-state index is -0.573. The fourth-order valence-electron chi connectivity index (χ4n) is 1.07. The molecule has 108 valence electrons. The summed E-state index contributed by atoms with van der Waals surface area (Å²) in [5.74, 6) is -1.30. The molecule has 4 N–H and O–H groups in total. The van der Waals surface area contributed by atoms with Crippen molar-refractivity contribution in [3.63, 3.8) is 0 Å². The second kappa shape index (κ2) is 6.99. The van der Waals surface area contributed by atoms with Gasteiger partial charge >= 0.3 is 0 Å². The Kier molecular flexibility index (Phi) is 5.89. The van der Waals surface area contributed by atoms with Crippen LogP contribution in [0.3, 0.4) is 0 Å². The Balaban J connectivity index is 0.000000217. The third-order valence-corrected chi connectivity index (χ3v) is 3.88. The summed E-state index contributed by atoms with van der Waals surface area (Å²) in [4.78, 5) is 0. The van der Waals surface area contributed by atoms with Crippen molar-refractivity contribution >= 4 is 46.4 Å². The number of aromatic hydroxyl groups is 4. The van der Waals surface area contributed by atoms with E-state index in [1.54, 1.807) is 12.1 Å². The summed E-state index contributed by atoms with van der Waals surface area (Å²) < 4.78 is 0. The second-order valence-corrected chi connectivity index (χ2v) is 4.95. The molecule has 0 amide bonds. The Morgan fingerprint density at radius 3 is 1.10 bits per heavy atom. The van der Waals surface area contributed by atoms with Crippen LogP contribution in [0.1, 0.15) is 0 Å². The van der Waals surface area contributed by atoms with Crippen LogP contribution in [0.15, 0.2) is 24.3 Å². The van der Waals surface area contributed by atoms with Crippen molar-refractivity contribution in [2.24, 2.45) is 0 Å². The zero-order chi connectivity index (χ0) is 15.4. The fourth-order valence-corrected chi connectivity index (χ4v) is 1.91. The molecule has 0 saturated heterocycles. The van der Waals surface area contributed by atoms with Crippen LogP contribution < -0.4 is 0 Å². The highest BCUT2D eigenvalue weighted by Gasteiger charge is 2.18. The third-order valence-electron chi connectivity index (χ3n) is 2.10. The van der Waals surface area contributed by atoms with Gasteiger partial charge in [-0.3, -0.25) is 0 Å². The molecule has 0 saturated carbocycles. The third kappa shape index (κ3) is 3.67. The van der Waals surface area contributed by atoms with Crippen LogP contribution in [-0.4, -0.2) is 20.4 Å². The predicted molar refractivity (Wildman–Crippen MR) is 79.6 cm³/mol. The lowest BCUT2D eigenvalue weighted by Crippen LogP contribution is -1.78. The van der Waals surface area contributed by atoms with Crippen molar-refractivity contribution < 1.29 is 20.4 Å². The molecule has 4 nitrogen and oxygen atoms in total. The number of para-hydroxylation sites is 2. The minimum absolute atomic E-state index is 0.0764. The normalized spacial score (nSPS) is 9.80. The number of hydrogen-bond donors (Lipinski definition) is 4. The smallest absolute Gasteiger partial charge is 0.179 e. The largest absolute Gasteiger partial charge is 0.504 e. The van der Waals surface area contributed by atoms with E-state index in [9.17, 15) is 0 Å². The van der Waals surface area contributed by atoms with Crippen LogP contribution in [-0.2, 0) is 0 Å². The van der Waals surface area contributed by atoms with Crippen molar-refractivity contribution in [2.45, 2.75) is 0 Å². The molecule has 20 heavy (non-hydrogen) atoms. The quantitative estimate of drug-likeness (QED) is 0.310. The highest BCUT2D eigenvalue weighted by atomic mass is 35.5. The van der Waals surface area contributed by atoms with Crippen LogP contribution >= 0.6 is 46.4 Å². The van der Waals surface area contributed by atoms with Crippen LogP contribution in [0.25, 0.3) is 0 Å². The van der Waals surface area contributed by atoms with Gasteiger partial charge in [-0.1, -0.05) is 58.5 Å². The molecule has 0 spiro atoms. The molecule has 2 aromatic carbocycles. The highest BCUT2D eigenvalue weighted by molar-refractivity contribution is 6.52. The molecular formula is C12H8Cl4O4. The number of rotatable bonds is 0. The van der Waals surface area contributed by atoms with E-state index in [4.69, 9.17) is 66.8 Å². The highest BCUT2D eigenvalue weighted by Crippen LogP contribution is 2.48. The van der Waals surface area contributed by atoms with Crippen molar-refractivity contribution in [1.82, 2.24) is 0 Å². The summed E-state index contributed by atoms with van der Waals surface area (Å²) in [7, 11) is 0. The maximum absolute atomic E-state index is 9.08. The second-order valence-electron chi connectivity index (χ2n) is 3.44. The van der Waals surface area contributed by atoms with Gasteiger partial charge in [0.15, 0.2) is 23.0 Å². The molecule has 0 bridgehead atoms. The van der Waals surface area contributed by atoms with Crippen LogP contribution in [0.4, 0.5) is 0 Å². The average molecular weight is 358 g/mol. The van der Waals surface area contributed by atoms with Crippen molar-refractivity contribution in [3.05, 3.63) is 44.4 Å². The van der Waals surface area contributed by atoms with Gasteiger partial charge in [0.25, 0.3) is 0 Å². The van der Waals surface area contributed by atoms with E-state index in [-0.39, 0.29) is 31.6 Å². The SMILES string of the molecule is Oc1c(O)c(Cl)c(Cl)c(Cl)c1Cl.Oc1ccccc1O. The van der Waals surface area contributed by atoms with Crippen molar-refractivity contribution in [1.29, 1.82) is 0 Å². The number of halogens is 4. The van der Waals surface area contributed by atoms with Gasteiger partial charge in [0.2, 0.25) is 0 Å². The fraction of sp³-hybridized carbons (Fsp3) is 0. The van der Waals surface area contributed by atoms with Gasteiger partial charge < -0.3 is 20.4 Å². The zero-order valence-electron chi connectivity index (χ0n) is 9.61. The first kappa shape index (κ1) is 16.9. The lowest BCUT2D eigenvalue weighted by atomic mass is 10.3. The zero-order valence-corrected chi connectivity index (χ0v) is 12.6. The Morgan fingerprint density at radius 1 is 0.550 bits per heavy atom. The van der Waals surface area contributed by atoms with E-state index >= 15 is 0 Å². The van der Waals surface area contributed by atoms with Gasteiger partial charge in [0.1, 0.15) is 10.0 Å². The van der Waals surface area contributed by atoms with E-state index in [0.29, 0.717) is 0 Å². The molecule has 0 radical (unpaired) electrons. The molecule has 0 atom stereocenters. The first-order chi connectivity index (χ1) is 9.27. The van der Waals surface area contributed by atoms with Gasteiger partial charge in [0.05, 0.1) is 10.0 Å². The van der Waals surface area contributed by atoms with Crippen molar-refractivity contribution in [2.75, 3.05) is 0 Å². The molecule has 8 heteroatoms. The lowest BCUT2D eigenvalue weighted by Gasteiger charge is -2.06. The Labute approximate surface area is 134 Å². The number of hydrogen-bond acceptors (Lipinski definition) is 4. The summed E-state index contributed by atoms with van der Waals surface area (Å²) in [5, 5.41) is 34.9. The predicted octanol–water partition coefficient (Wildman–Crippen LogP) is 4.81. The summed E-state index contributed by atoms with van der Waals surface area (Å²) in [6, 6.07) is 6.15. The maximum atomic E-state index is 9.08. The summed E-state index contributed by atoms with van der Waals surface area (Å²) in [6.07, 6.45) is 0. The molecule has 0 aliphatic rings. The van der Waals surface area contributed by atoms with E-state index in [1.165, 1.54) is 12.1 Å². The van der Waals surface area contributed by atoms with Crippen LogP contribution in [0.2, 0.25) is 20.1 Å². The van der Waals surface area contributed by atoms with E-state index < -0.39 is 11.5 Å². The Hall–Kier alpha value is -1.20. The standard InChI is InChI=1S/C6H2Cl4O2.C6H6O2/c7-1-2(8)4(10)6(12)5(11)3(1)9;7-5-3-1-2-4-6(5)8/h11-12H;1-4,7-8H. The first-order valence-corrected chi connectivity index (χ1v) is 6.49. The van der Waals surface area contributed by atoms with Gasteiger partial charge in [-0.25, -0.2) is 0 Å². The van der Waals surface area contributed by atoms with Gasteiger partial charge in [-0.15, -0.1) is 0 Å². The topological polar surface area (TPSA) is 80.9 Å². The minimum Gasteiger partial charge on any atom is -0.504 e. The molecule has 0 aliphatic carbocycles. The van der Waals surface area contributed by atoms with Gasteiger partial charge in [0, 0.05) is 0 Å². The number of phenolic OH excluding ortho intramolecular Hbond substituents is 4. The molecule has 2 aromatic rings. The average Bonchev–Trinajstić information content (AvgIpc) is 2.45. The van der Waals surface area contributed by atoms with Crippen molar-refractivity contribution in [3.8, 4) is 23.0 Å². The van der Waals surface area contributed by atoms with Gasteiger partial charge in [-0.05, 0) is 12.1 Å². The molecule has 0 unspecified atom stereocenters. The van der Waals surface area contributed by atoms with E-state index in [1.807, 2.05) is 0 Å². The van der Waals surface area contributed by atoms with E-state index in [2.05, 4.69) is 0 Å². The molecule has 0 aromatic heterocycles. The summed E-state index contributed by atoms with van der Waals surface area (Å²) in [5.41, 5.74) is 0. The van der Waals surface area contributed by atoms with E-state index in [0.717, 1.165) is 0 Å². The monoisotopic (exact) mass is 356 g/mol. The first-order valence-electron chi connectivity index (χ1n) is 4.98. The molecule has 0 fully saturated rings. The number of benzene rings is 2. The Bertz CT molecular complexity index is 505. The molecule has 2 rings (SSSR count). The Morgan fingerprint density at radius 2 is 0.850 bits per heavy atom. The van der Waals surface area contributed by atoms with Crippen LogP contribution in [0.5, 0.6) is 23.0 Å². The molecule has 0 heterocycles. The van der Waals surface area contributed by atoms with Gasteiger partial charge in [-0.2, -0.15) is 0 Å². The molecule has 0 aliphatic heterocycles. The summed E-state index contributed by atoms with van der Waals surface area (Å²) >= 11 is 22.0. The molecular weight excluding hydrogens is 350 g/mol. The maximum Gasteiger partial charge on any atom is 0.179 e. The lowest BCUT2D eigenvalue weighted by molar-refractivity contribution is 0.404. The number of phenols is 4. The summed E-state index contributed by atoms with van der Waals surface area (Å²) in [6.45, 7) is 0. The van der Waals surface area contributed by atoms with Crippen LogP contribution in [0, 0.1) is 0 Å².